The maximum Gasteiger partial charge on any atom is 0.203 e. The highest BCUT2D eigenvalue weighted by atomic mass is 16.4. The number of aldehydes is 2. The molecule has 5 heteroatoms. The van der Waals surface area contributed by atoms with Crippen molar-refractivity contribution in [3.8, 4) is 0 Å². The summed E-state index contributed by atoms with van der Waals surface area (Å²) in [5, 5.41) is 25.6. The molecule has 1 unspecified atom stereocenters. The summed E-state index contributed by atoms with van der Waals surface area (Å²) in [6.07, 6.45) is -2.00. The van der Waals surface area contributed by atoms with Crippen molar-refractivity contribution >= 4 is 12.6 Å². The summed E-state index contributed by atoms with van der Waals surface area (Å²) in [6, 6.07) is 0. The minimum absolute atomic E-state index is 0.124. The smallest absolute Gasteiger partial charge is 0.203 e. The van der Waals surface area contributed by atoms with Gasteiger partial charge in [0.2, 0.25) is 5.60 Å². The first-order chi connectivity index (χ1) is 4.60. The maximum absolute atomic E-state index is 9.91. The molecule has 0 bridgehead atoms. The normalized spacial score (nSPS) is 14.3. The Hall–Kier alpha value is -0.780. The van der Waals surface area contributed by atoms with Gasteiger partial charge in [-0.25, -0.2) is 0 Å². The molecule has 5 nitrogen and oxygen atoms in total. The molecule has 0 fully saturated rings. The van der Waals surface area contributed by atoms with Crippen molar-refractivity contribution in [2.45, 2.75) is 11.7 Å². The van der Waals surface area contributed by atoms with Crippen molar-refractivity contribution in [2.24, 2.45) is 0 Å². The average Bonchev–Trinajstić information content (AvgIpc) is 2.01. The molecule has 0 heterocycles. The molecule has 0 aliphatic heterocycles. The van der Waals surface area contributed by atoms with E-state index in [0.29, 0.717) is 0 Å². The summed E-state index contributed by atoms with van der Waals surface area (Å²) in [4.78, 5) is 19.8. The fourth-order valence-corrected chi connectivity index (χ4v) is 0.331. The third kappa shape index (κ3) is 1.60. The van der Waals surface area contributed by atoms with Crippen molar-refractivity contribution in [3.63, 3.8) is 0 Å². The summed E-state index contributed by atoms with van der Waals surface area (Å²) in [7, 11) is 0. The quantitative estimate of drug-likeness (QED) is 0.302. The van der Waals surface area contributed by atoms with Crippen LogP contribution in [0.2, 0.25) is 0 Å². The molecule has 0 aromatic rings. The Balaban J connectivity index is 4.30. The minimum Gasteiger partial charge on any atom is -0.394 e. The molecular formula is C5H8O5. The lowest BCUT2D eigenvalue weighted by atomic mass is 10.0. The van der Waals surface area contributed by atoms with Crippen LogP contribution in [0, 0.1) is 0 Å². The largest absolute Gasteiger partial charge is 0.394 e. The van der Waals surface area contributed by atoms with E-state index >= 15 is 0 Å². The van der Waals surface area contributed by atoms with Gasteiger partial charge in [-0.15, -0.1) is 0 Å². The van der Waals surface area contributed by atoms with Gasteiger partial charge in [-0.05, 0) is 0 Å². The molecule has 0 amide bonds. The number of aliphatic hydroxyl groups is 3. The van der Waals surface area contributed by atoms with Crippen LogP contribution in [0.5, 0.6) is 0 Å². The summed E-state index contributed by atoms with van der Waals surface area (Å²) in [5.74, 6) is 0. The number of hydrogen-bond donors (Lipinski definition) is 3. The topological polar surface area (TPSA) is 94.8 Å². The zero-order chi connectivity index (χ0) is 8.20. The molecule has 3 N–H and O–H groups in total. The van der Waals surface area contributed by atoms with Crippen LogP contribution >= 0.6 is 0 Å². The highest BCUT2D eigenvalue weighted by Crippen LogP contribution is 2.02. The molecule has 0 spiro atoms. The molecule has 0 aromatic heterocycles. The molecule has 0 radical (unpaired) electrons. The molecule has 0 aliphatic carbocycles. The fraction of sp³-hybridized carbons (Fsp3) is 0.600. The van der Waals surface area contributed by atoms with Crippen molar-refractivity contribution in [1.29, 1.82) is 0 Å². The monoisotopic (exact) mass is 148 g/mol. The fourth-order valence-electron chi connectivity index (χ4n) is 0.331. The zero-order valence-electron chi connectivity index (χ0n) is 5.10. The van der Waals surface area contributed by atoms with Crippen LogP contribution in [-0.4, -0.2) is 46.2 Å². The van der Waals surface area contributed by atoms with E-state index in [2.05, 4.69) is 0 Å². The van der Waals surface area contributed by atoms with E-state index in [0.717, 1.165) is 0 Å². The first-order valence-electron chi connectivity index (χ1n) is 2.54. The number of carbonyl (C=O) groups is 2. The first-order valence-corrected chi connectivity index (χ1v) is 2.54. The van der Waals surface area contributed by atoms with Gasteiger partial charge in [0.25, 0.3) is 0 Å². The van der Waals surface area contributed by atoms with Gasteiger partial charge in [0.1, 0.15) is 6.10 Å². The second-order valence-electron chi connectivity index (χ2n) is 1.82. The van der Waals surface area contributed by atoms with Crippen molar-refractivity contribution in [1.82, 2.24) is 0 Å². The van der Waals surface area contributed by atoms with Gasteiger partial charge in [0.15, 0.2) is 12.6 Å². The molecule has 0 saturated heterocycles. The Morgan fingerprint density at radius 2 is 1.80 bits per heavy atom. The van der Waals surface area contributed by atoms with E-state index in [1.54, 1.807) is 0 Å². The lowest BCUT2D eigenvalue weighted by Gasteiger charge is -2.18. The maximum atomic E-state index is 9.91. The molecule has 10 heavy (non-hydrogen) atoms. The van der Waals surface area contributed by atoms with Gasteiger partial charge in [-0.2, -0.15) is 0 Å². The highest BCUT2D eigenvalue weighted by molar-refractivity contribution is 5.88. The summed E-state index contributed by atoms with van der Waals surface area (Å²) < 4.78 is 0. The lowest BCUT2D eigenvalue weighted by molar-refractivity contribution is -0.149. The average molecular weight is 148 g/mol. The predicted molar refractivity (Wildman–Crippen MR) is 30.2 cm³/mol. The molecule has 1 atom stereocenters. The van der Waals surface area contributed by atoms with Gasteiger partial charge in [0, 0.05) is 0 Å². The van der Waals surface area contributed by atoms with E-state index < -0.39 is 18.3 Å². The van der Waals surface area contributed by atoms with Gasteiger partial charge in [0.05, 0.1) is 6.61 Å². The van der Waals surface area contributed by atoms with Gasteiger partial charge in [-0.3, -0.25) is 9.59 Å². The molecular weight excluding hydrogens is 140 g/mol. The van der Waals surface area contributed by atoms with Crippen LogP contribution in [0.3, 0.4) is 0 Å². The molecule has 0 aromatic carbocycles. The Kier molecular flexibility index (Phi) is 3.14. The van der Waals surface area contributed by atoms with E-state index in [1.807, 2.05) is 0 Å². The molecule has 0 aliphatic rings. The van der Waals surface area contributed by atoms with Gasteiger partial charge in [-0.1, -0.05) is 0 Å². The minimum atomic E-state index is -2.46. The number of carbonyl (C=O) groups excluding carboxylic acids is 2. The predicted octanol–water partition coefficient (Wildman–Crippen LogP) is -2.53. The van der Waals surface area contributed by atoms with E-state index in [4.69, 9.17) is 15.3 Å². The number of rotatable bonds is 4. The SMILES string of the molecule is O=CC(O)(C=O)C(O)CO. The third-order valence-electron chi connectivity index (χ3n) is 1.08. The third-order valence-corrected chi connectivity index (χ3v) is 1.08. The van der Waals surface area contributed by atoms with Crippen LogP contribution in [0.15, 0.2) is 0 Å². The Labute approximate surface area is 56.9 Å². The molecule has 0 rings (SSSR count). The second-order valence-corrected chi connectivity index (χ2v) is 1.82. The van der Waals surface area contributed by atoms with Gasteiger partial charge < -0.3 is 15.3 Å². The number of aliphatic hydroxyl groups excluding tert-OH is 2. The van der Waals surface area contributed by atoms with Crippen LogP contribution in [0.25, 0.3) is 0 Å². The van der Waals surface area contributed by atoms with E-state index in [-0.39, 0.29) is 12.6 Å². The summed E-state index contributed by atoms with van der Waals surface area (Å²) in [6.45, 7) is -0.839. The highest BCUT2D eigenvalue weighted by Gasteiger charge is 2.34. The Bertz CT molecular complexity index is 124. The standard InChI is InChI=1S/C5H8O5/c6-1-4(9)5(10,2-7)3-8/h2-4,6,9-10H,1H2. The lowest BCUT2D eigenvalue weighted by Crippen LogP contribution is -2.47. The van der Waals surface area contributed by atoms with Crippen LogP contribution in [0.1, 0.15) is 0 Å². The van der Waals surface area contributed by atoms with Crippen molar-refractivity contribution in [2.75, 3.05) is 6.61 Å². The van der Waals surface area contributed by atoms with Crippen LogP contribution in [-0.2, 0) is 9.59 Å². The Morgan fingerprint density at radius 1 is 1.40 bits per heavy atom. The van der Waals surface area contributed by atoms with E-state index in [9.17, 15) is 9.59 Å². The van der Waals surface area contributed by atoms with Crippen molar-refractivity contribution < 1.29 is 24.9 Å². The Morgan fingerprint density at radius 3 is 1.90 bits per heavy atom. The number of hydrogen-bond acceptors (Lipinski definition) is 5. The van der Waals surface area contributed by atoms with Gasteiger partial charge >= 0.3 is 0 Å². The summed E-state index contributed by atoms with van der Waals surface area (Å²) >= 11 is 0. The molecule has 0 saturated carbocycles. The van der Waals surface area contributed by atoms with Crippen LogP contribution < -0.4 is 0 Å². The van der Waals surface area contributed by atoms with Crippen LogP contribution in [0.4, 0.5) is 0 Å². The second kappa shape index (κ2) is 3.40. The molecule has 58 valence electrons. The first kappa shape index (κ1) is 9.22. The van der Waals surface area contributed by atoms with Crippen molar-refractivity contribution in [3.05, 3.63) is 0 Å². The summed E-state index contributed by atoms with van der Waals surface area (Å²) in [5.41, 5.74) is -2.46. The van der Waals surface area contributed by atoms with E-state index in [1.165, 1.54) is 0 Å². The zero-order valence-corrected chi connectivity index (χ0v) is 5.10.